The van der Waals surface area contributed by atoms with Crippen molar-refractivity contribution in [1.82, 2.24) is 4.98 Å². The zero-order chi connectivity index (χ0) is 14.7. The summed E-state index contributed by atoms with van der Waals surface area (Å²) in [6.45, 7) is 1.94. The van der Waals surface area contributed by atoms with Gasteiger partial charge in [0.25, 0.3) is 0 Å². The van der Waals surface area contributed by atoms with Crippen molar-refractivity contribution in [3.63, 3.8) is 0 Å². The van der Waals surface area contributed by atoms with Crippen LogP contribution in [-0.4, -0.2) is 31.1 Å². The Morgan fingerprint density at radius 2 is 1.95 bits per heavy atom. The van der Waals surface area contributed by atoms with Crippen LogP contribution in [0, 0.1) is 6.92 Å². The molecule has 0 aliphatic carbocycles. The number of hydrogen-bond donors (Lipinski definition) is 1. The van der Waals surface area contributed by atoms with Crippen molar-refractivity contribution < 1.29 is 19.1 Å². The molecule has 0 aliphatic rings. The quantitative estimate of drug-likeness (QED) is 0.687. The van der Waals surface area contributed by atoms with Crippen LogP contribution >= 0.6 is 0 Å². The molecule has 0 fully saturated rings. The molecule has 5 heteroatoms. The second-order valence-electron chi connectivity index (χ2n) is 4.27. The Hall–Kier alpha value is -2.56. The lowest BCUT2D eigenvalue weighted by Crippen LogP contribution is -2.07. The van der Waals surface area contributed by atoms with E-state index in [-0.39, 0.29) is 5.57 Å². The first-order valence-corrected chi connectivity index (χ1v) is 6.03. The highest BCUT2D eigenvalue weighted by Gasteiger charge is 2.19. The van der Waals surface area contributed by atoms with E-state index in [1.807, 2.05) is 25.1 Å². The first-order chi connectivity index (χ1) is 9.58. The Bertz CT molecular complexity index is 697. The van der Waals surface area contributed by atoms with Crippen LogP contribution in [0.25, 0.3) is 16.5 Å². The number of hydrogen-bond acceptors (Lipinski definition) is 4. The Kier molecular flexibility index (Phi) is 3.89. The first kappa shape index (κ1) is 13.9. The summed E-state index contributed by atoms with van der Waals surface area (Å²) in [4.78, 5) is 26.4. The first-order valence-electron chi connectivity index (χ1n) is 6.03. The van der Waals surface area contributed by atoms with Crippen LogP contribution in [-0.2, 0) is 19.1 Å². The number of aromatic nitrogens is 1. The number of fused-ring (bicyclic) bond motifs is 1. The van der Waals surface area contributed by atoms with Gasteiger partial charge in [-0.25, -0.2) is 9.59 Å². The van der Waals surface area contributed by atoms with Gasteiger partial charge in [0.2, 0.25) is 0 Å². The third-order valence-corrected chi connectivity index (χ3v) is 3.07. The summed E-state index contributed by atoms with van der Waals surface area (Å²) < 4.78 is 9.32. The molecule has 5 nitrogen and oxygen atoms in total. The molecule has 2 aromatic rings. The maximum Gasteiger partial charge on any atom is 0.338 e. The highest BCUT2D eigenvalue weighted by Crippen LogP contribution is 2.28. The molecule has 1 aromatic carbocycles. The SMILES string of the molecule is COC(=O)/C=C(/C(=O)OC)c1c[nH]c2cccc(C)c12. The molecule has 0 radical (unpaired) electrons. The van der Waals surface area contributed by atoms with Crippen LogP contribution < -0.4 is 0 Å². The lowest BCUT2D eigenvalue weighted by Gasteiger charge is -2.05. The zero-order valence-corrected chi connectivity index (χ0v) is 11.5. The van der Waals surface area contributed by atoms with Gasteiger partial charge in [-0.15, -0.1) is 0 Å². The van der Waals surface area contributed by atoms with Crippen LogP contribution in [0.3, 0.4) is 0 Å². The minimum atomic E-state index is -0.603. The molecular formula is C15H15NO4. The van der Waals surface area contributed by atoms with Gasteiger partial charge in [-0.3, -0.25) is 0 Å². The predicted molar refractivity (Wildman–Crippen MR) is 75.0 cm³/mol. The topological polar surface area (TPSA) is 68.4 Å². The fourth-order valence-electron chi connectivity index (χ4n) is 2.11. The smallest absolute Gasteiger partial charge is 0.338 e. The third kappa shape index (κ3) is 2.42. The number of rotatable bonds is 3. The molecular weight excluding hydrogens is 258 g/mol. The number of H-pyrrole nitrogens is 1. The third-order valence-electron chi connectivity index (χ3n) is 3.07. The largest absolute Gasteiger partial charge is 0.466 e. The maximum absolute atomic E-state index is 11.9. The molecule has 0 aliphatic heterocycles. The van der Waals surface area contributed by atoms with Crippen molar-refractivity contribution in [3.8, 4) is 0 Å². The van der Waals surface area contributed by atoms with Crippen molar-refractivity contribution in [2.75, 3.05) is 14.2 Å². The van der Waals surface area contributed by atoms with E-state index < -0.39 is 11.9 Å². The normalized spacial score (nSPS) is 11.4. The number of carbonyl (C=O) groups is 2. The van der Waals surface area contributed by atoms with Gasteiger partial charge in [0.05, 0.1) is 19.8 Å². The molecule has 1 aromatic heterocycles. The molecule has 1 N–H and O–H groups in total. The van der Waals surface area contributed by atoms with Gasteiger partial charge in [-0.1, -0.05) is 12.1 Å². The fourth-order valence-corrected chi connectivity index (χ4v) is 2.11. The number of nitrogens with one attached hydrogen (secondary N) is 1. The van der Waals surface area contributed by atoms with E-state index >= 15 is 0 Å². The van der Waals surface area contributed by atoms with E-state index in [1.54, 1.807) is 6.20 Å². The number of esters is 2. The van der Waals surface area contributed by atoms with Gasteiger partial charge in [0.15, 0.2) is 0 Å². The molecule has 0 spiro atoms. The number of carbonyl (C=O) groups excluding carboxylic acids is 2. The van der Waals surface area contributed by atoms with Gasteiger partial charge in [0, 0.05) is 28.7 Å². The molecule has 0 bridgehead atoms. The lowest BCUT2D eigenvalue weighted by molar-refractivity contribution is -0.136. The second-order valence-corrected chi connectivity index (χ2v) is 4.27. The summed E-state index contributed by atoms with van der Waals surface area (Å²) in [5.74, 6) is -1.19. The van der Waals surface area contributed by atoms with Gasteiger partial charge >= 0.3 is 11.9 Å². The van der Waals surface area contributed by atoms with Crippen molar-refractivity contribution in [3.05, 3.63) is 41.6 Å². The molecule has 0 amide bonds. The Labute approximate surface area is 116 Å². The van der Waals surface area contributed by atoms with E-state index in [1.165, 1.54) is 14.2 Å². The number of aromatic amines is 1. The van der Waals surface area contributed by atoms with Crippen LogP contribution in [0.1, 0.15) is 11.1 Å². The van der Waals surface area contributed by atoms with Crippen molar-refractivity contribution in [1.29, 1.82) is 0 Å². The van der Waals surface area contributed by atoms with Crippen LogP contribution in [0.5, 0.6) is 0 Å². The van der Waals surface area contributed by atoms with E-state index in [2.05, 4.69) is 9.72 Å². The summed E-state index contributed by atoms with van der Waals surface area (Å²) in [6.07, 6.45) is 2.82. The Morgan fingerprint density at radius 1 is 1.20 bits per heavy atom. The number of aryl methyl sites for hydroxylation is 1. The molecule has 20 heavy (non-hydrogen) atoms. The minimum Gasteiger partial charge on any atom is -0.466 e. The van der Waals surface area contributed by atoms with Crippen LogP contribution in [0.4, 0.5) is 0 Å². The summed E-state index contributed by atoms with van der Waals surface area (Å²) >= 11 is 0. The standard InChI is InChI=1S/C15H15NO4/c1-9-5-4-6-12-14(9)11(8-16-12)10(15(18)20-3)7-13(17)19-2/h4-8,16H,1-3H3/b10-7+. The second kappa shape index (κ2) is 5.61. The molecule has 0 atom stereocenters. The van der Waals surface area contributed by atoms with Crippen molar-refractivity contribution >= 4 is 28.4 Å². The maximum atomic E-state index is 11.9. The summed E-state index contributed by atoms with van der Waals surface area (Å²) in [5.41, 5.74) is 2.67. The van der Waals surface area contributed by atoms with Crippen molar-refractivity contribution in [2.24, 2.45) is 0 Å². The van der Waals surface area contributed by atoms with Gasteiger partial charge in [0.1, 0.15) is 0 Å². The number of ether oxygens (including phenoxy) is 2. The molecule has 2 rings (SSSR count). The Balaban J connectivity index is 2.66. The van der Waals surface area contributed by atoms with Crippen molar-refractivity contribution in [2.45, 2.75) is 6.92 Å². The summed E-state index contributed by atoms with van der Waals surface area (Å²) in [6, 6.07) is 5.76. The van der Waals surface area contributed by atoms with Gasteiger partial charge < -0.3 is 14.5 Å². The fraction of sp³-hybridized carbons (Fsp3) is 0.200. The minimum absolute atomic E-state index is 0.167. The van der Waals surface area contributed by atoms with E-state index in [4.69, 9.17) is 4.74 Å². The highest BCUT2D eigenvalue weighted by molar-refractivity contribution is 6.23. The number of benzene rings is 1. The Morgan fingerprint density at radius 3 is 2.60 bits per heavy atom. The van der Waals surface area contributed by atoms with Gasteiger partial charge in [-0.05, 0) is 18.6 Å². The van der Waals surface area contributed by atoms with Gasteiger partial charge in [-0.2, -0.15) is 0 Å². The lowest BCUT2D eigenvalue weighted by atomic mass is 10.0. The summed E-state index contributed by atoms with van der Waals surface area (Å²) in [7, 11) is 2.53. The number of methoxy groups -OCH3 is 2. The predicted octanol–water partition coefficient (Wildman–Crippen LogP) is 2.21. The van der Waals surface area contributed by atoms with E-state index in [0.717, 1.165) is 22.5 Å². The average molecular weight is 273 g/mol. The van der Waals surface area contributed by atoms with Crippen LogP contribution in [0.2, 0.25) is 0 Å². The highest BCUT2D eigenvalue weighted by atomic mass is 16.5. The monoisotopic (exact) mass is 273 g/mol. The molecule has 104 valence electrons. The average Bonchev–Trinajstić information content (AvgIpc) is 2.88. The summed E-state index contributed by atoms with van der Waals surface area (Å²) in [5, 5.41) is 0.882. The molecule has 0 unspecified atom stereocenters. The van der Waals surface area contributed by atoms with Crippen LogP contribution in [0.15, 0.2) is 30.5 Å². The zero-order valence-electron chi connectivity index (χ0n) is 11.5. The molecule has 1 heterocycles. The molecule has 0 saturated heterocycles. The van der Waals surface area contributed by atoms with E-state index in [0.29, 0.717) is 5.56 Å². The molecule has 0 saturated carbocycles. The van der Waals surface area contributed by atoms with E-state index in [9.17, 15) is 9.59 Å².